The first-order valence-corrected chi connectivity index (χ1v) is 8.34. The van der Waals surface area contributed by atoms with Crippen LogP contribution in [0.1, 0.15) is 31.1 Å². The molecule has 0 saturated carbocycles. The Bertz CT molecular complexity index is 704. The van der Waals surface area contributed by atoms with Crippen molar-refractivity contribution in [3.8, 4) is 0 Å². The minimum Gasteiger partial charge on any atom is -0.467 e. The number of anilines is 2. The Labute approximate surface area is 146 Å². The Balaban J connectivity index is 1.63. The third-order valence-electron chi connectivity index (χ3n) is 4.32. The van der Waals surface area contributed by atoms with Gasteiger partial charge in [-0.2, -0.15) is 4.98 Å². The molecule has 0 unspecified atom stereocenters. The van der Waals surface area contributed by atoms with Gasteiger partial charge in [0.15, 0.2) is 0 Å². The molecule has 1 saturated heterocycles. The molecule has 0 radical (unpaired) electrons. The highest BCUT2D eigenvalue weighted by atomic mass is 16.4. The SMILES string of the molecule is CN(C)c1ccnc(NC(=O)N2CCC[C@H]2C[C@H](O)c2ccco2)n1. The van der Waals surface area contributed by atoms with Crippen LogP contribution in [0.15, 0.2) is 35.1 Å². The van der Waals surface area contributed by atoms with Gasteiger partial charge in [0.25, 0.3) is 0 Å². The Kier molecular flexibility index (Phi) is 5.18. The smallest absolute Gasteiger partial charge is 0.324 e. The fraction of sp³-hybridized carbons (Fsp3) is 0.471. The van der Waals surface area contributed by atoms with E-state index in [0.717, 1.165) is 18.7 Å². The number of urea groups is 1. The number of nitrogens with one attached hydrogen (secondary N) is 1. The highest BCUT2D eigenvalue weighted by Gasteiger charge is 2.31. The highest BCUT2D eigenvalue weighted by Crippen LogP contribution is 2.28. The van der Waals surface area contributed by atoms with Crippen LogP contribution in [0, 0.1) is 0 Å². The fourth-order valence-corrected chi connectivity index (χ4v) is 3.03. The number of nitrogens with zero attached hydrogens (tertiary/aromatic N) is 4. The van der Waals surface area contributed by atoms with Crippen molar-refractivity contribution >= 4 is 17.8 Å². The molecule has 25 heavy (non-hydrogen) atoms. The van der Waals surface area contributed by atoms with Gasteiger partial charge in [-0.1, -0.05) is 0 Å². The normalized spacial score (nSPS) is 18.2. The van der Waals surface area contributed by atoms with E-state index in [2.05, 4.69) is 15.3 Å². The summed E-state index contributed by atoms with van der Waals surface area (Å²) < 4.78 is 5.24. The molecule has 3 rings (SSSR count). The molecule has 2 atom stereocenters. The molecular weight excluding hydrogens is 322 g/mol. The quantitative estimate of drug-likeness (QED) is 0.863. The van der Waals surface area contributed by atoms with Gasteiger partial charge in [-0.3, -0.25) is 5.32 Å². The third-order valence-corrected chi connectivity index (χ3v) is 4.32. The Hall–Kier alpha value is -2.61. The van der Waals surface area contributed by atoms with E-state index in [4.69, 9.17) is 4.42 Å². The molecule has 0 bridgehead atoms. The number of hydrogen-bond acceptors (Lipinski definition) is 6. The summed E-state index contributed by atoms with van der Waals surface area (Å²) in [7, 11) is 3.75. The van der Waals surface area contributed by atoms with Crippen molar-refractivity contribution in [1.29, 1.82) is 0 Å². The van der Waals surface area contributed by atoms with Crippen LogP contribution in [-0.2, 0) is 0 Å². The van der Waals surface area contributed by atoms with Crippen molar-refractivity contribution in [1.82, 2.24) is 14.9 Å². The standard InChI is InChI=1S/C17H23N5O3/c1-21(2)15-7-8-18-16(19-15)20-17(24)22-9-3-5-12(22)11-13(23)14-6-4-10-25-14/h4,6-8,10,12-13,23H,3,5,9,11H2,1-2H3,(H,18,19,20,24)/t12-,13-/m0/s1. The summed E-state index contributed by atoms with van der Waals surface area (Å²) in [5, 5.41) is 13.0. The molecule has 2 N–H and O–H groups in total. The summed E-state index contributed by atoms with van der Waals surface area (Å²) in [5.41, 5.74) is 0. The average Bonchev–Trinajstić information content (AvgIpc) is 3.26. The van der Waals surface area contributed by atoms with Crippen LogP contribution >= 0.6 is 0 Å². The number of aliphatic hydroxyl groups excluding tert-OH is 1. The number of carbonyl (C=O) groups excluding carboxylic acids is 1. The zero-order chi connectivity index (χ0) is 17.8. The van der Waals surface area contributed by atoms with Gasteiger partial charge in [0.05, 0.1) is 6.26 Å². The number of amides is 2. The number of aliphatic hydroxyl groups is 1. The van der Waals surface area contributed by atoms with Crippen molar-refractivity contribution < 1.29 is 14.3 Å². The molecule has 1 aliphatic rings. The number of aromatic nitrogens is 2. The van der Waals surface area contributed by atoms with Gasteiger partial charge in [-0.15, -0.1) is 0 Å². The molecule has 134 valence electrons. The molecule has 8 nitrogen and oxygen atoms in total. The predicted octanol–water partition coefficient (Wildman–Crippen LogP) is 2.26. The van der Waals surface area contributed by atoms with E-state index in [1.165, 1.54) is 6.26 Å². The first-order valence-electron chi connectivity index (χ1n) is 8.34. The van der Waals surface area contributed by atoms with Gasteiger partial charge in [-0.25, -0.2) is 9.78 Å². The second-order valence-electron chi connectivity index (χ2n) is 6.32. The van der Waals surface area contributed by atoms with Gasteiger partial charge in [-0.05, 0) is 31.0 Å². The fourth-order valence-electron chi connectivity index (χ4n) is 3.03. The predicted molar refractivity (Wildman–Crippen MR) is 93.4 cm³/mol. The molecule has 0 aromatic carbocycles. The van der Waals surface area contributed by atoms with E-state index >= 15 is 0 Å². The van der Waals surface area contributed by atoms with Crippen LogP contribution in [0.25, 0.3) is 0 Å². The number of likely N-dealkylation sites (tertiary alicyclic amines) is 1. The number of furan rings is 1. The highest BCUT2D eigenvalue weighted by molar-refractivity contribution is 5.88. The Morgan fingerprint density at radius 1 is 1.52 bits per heavy atom. The second kappa shape index (κ2) is 7.52. The van der Waals surface area contributed by atoms with Gasteiger partial charge in [0, 0.05) is 39.3 Å². The molecule has 1 aliphatic heterocycles. The van der Waals surface area contributed by atoms with E-state index in [1.54, 1.807) is 29.3 Å². The number of carbonyl (C=O) groups is 1. The summed E-state index contributed by atoms with van der Waals surface area (Å²) in [4.78, 5) is 24.6. The van der Waals surface area contributed by atoms with Crippen LogP contribution < -0.4 is 10.2 Å². The van der Waals surface area contributed by atoms with Crippen LogP contribution in [-0.4, -0.2) is 52.7 Å². The molecule has 3 heterocycles. The second-order valence-corrected chi connectivity index (χ2v) is 6.32. The van der Waals surface area contributed by atoms with Crippen LogP contribution in [0.5, 0.6) is 0 Å². The molecule has 0 aliphatic carbocycles. The molecule has 0 spiro atoms. The minimum atomic E-state index is -0.721. The van der Waals surface area contributed by atoms with Gasteiger partial charge < -0.3 is 19.3 Å². The van der Waals surface area contributed by atoms with E-state index in [1.807, 2.05) is 19.0 Å². The maximum atomic E-state index is 12.6. The van der Waals surface area contributed by atoms with Crippen LogP contribution in [0.2, 0.25) is 0 Å². The Morgan fingerprint density at radius 2 is 2.36 bits per heavy atom. The van der Waals surface area contributed by atoms with Gasteiger partial charge in [0.2, 0.25) is 5.95 Å². The van der Waals surface area contributed by atoms with Crippen LogP contribution in [0.4, 0.5) is 16.6 Å². The molecule has 1 fully saturated rings. The third kappa shape index (κ3) is 4.08. The monoisotopic (exact) mass is 345 g/mol. The maximum Gasteiger partial charge on any atom is 0.324 e. The number of rotatable bonds is 5. The molecule has 2 aromatic rings. The topological polar surface area (TPSA) is 94.7 Å². The van der Waals surface area contributed by atoms with Crippen molar-refractivity contribution in [2.24, 2.45) is 0 Å². The average molecular weight is 345 g/mol. The summed E-state index contributed by atoms with van der Waals surface area (Å²) in [6, 6.07) is 4.97. The summed E-state index contributed by atoms with van der Waals surface area (Å²) >= 11 is 0. The number of hydrogen-bond donors (Lipinski definition) is 2. The van der Waals surface area contributed by atoms with E-state index in [-0.39, 0.29) is 18.0 Å². The van der Waals surface area contributed by atoms with E-state index < -0.39 is 6.10 Å². The lowest BCUT2D eigenvalue weighted by Gasteiger charge is -2.26. The summed E-state index contributed by atoms with van der Waals surface area (Å²) in [6.45, 7) is 0.648. The van der Waals surface area contributed by atoms with Crippen molar-refractivity contribution in [2.45, 2.75) is 31.4 Å². The van der Waals surface area contributed by atoms with Crippen molar-refractivity contribution in [3.05, 3.63) is 36.4 Å². The lowest BCUT2D eigenvalue weighted by molar-refractivity contribution is 0.110. The zero-order valence-corrected chi connectivity index (χ0v) is 14.4. The van der Waals surface area contributed by atoms with Crippen LogP contribution in [0.3, 0.4) is 0 Å². The molecule has 2 amide bonds. The van der Waals surface area contributed by atoms with Crippen molar-refractivity contribution in [3.63, 3.8) is 0 Å². The molecular formula is C17H23N5O3. The largest absolute Gasteiger partial charge is 0.467 e. The maximum absolute atomic E-state index is 12.6. The Morgan fingerprint density at radius 3 is 3.08 bits per heavy atom. The molecule has 2 aromatic heterocycles. The van der Waals surface area contributed by atoms with E-state index in [9.17, 15) is 9.90 Å². The van der Waals surface area contributed by atoms with Gasteiger partial charge in [0.1, 0.15) is 17.7 Å². The van der Waals surface area contributed by atoms with E-state index in [0.29, 0.717) is 18.7 Å². The molecule has 8 heteroatoms. The van der Waals surface area contributed by atoms with Gasteiger partial charge >= 0.3 is 6.03 Å². The minimum absolute atomic E-state index is 0.0443. The zero-order valence-electron chi connectivity index (χ0n) is 14.4. The lowest BCUT2D eigenvalue weighted by atomic mass is 10.1. The summed E-state index contributed by atoms with van der Waals surface area (Å²) in [6.07, 6.45) is 4.62. The first-order chi connectivity index (χ1) is 12.0. The first kappa shape index (κ1) is 17.2. The van der Waals surface area contributed by atoms with Crippen molar-refractivity contribution in [2.75, 3.05) is 30.9 Å². The summed E-state index contributed by atoms with van der Waals surface area (Å²) in [5.74, 6) is 1.51. The lowest BCUT2D eigenvalue weighted by Crippen LogP contribution is -2.39.